The third-order valence-electron chi connectivity index (χ3n) is 4.17. The highest BCUT2D eigenvalue weighted by molar-refractivity contribution is 5.18. The number of halogens is 1. The largest absolute Gasteiger partial charge is 0.393 e. The predicted octanol–water partition coefficient (Wildman–Crippen LogP) is 2.31. The normalized spacial score (nSPS) is 32.9. The van der Waals surface area contributed by atoms with Crippen molar-refractivity contribution in [2.45, 2.75) is 50.4 Å². The Morgan fingerprint density at radius 3 is 2.47 bits per heavy atom. The molecule has 2 nitrogen and oxygen atoms in total. The van der Waals surface area contributed by atoms with Gasteiger partial charge in [-0.15, -0.1) is 0 Å². The number of fused-ring (bicyclic) bond motifs is 2. The predicted molar refractivity (Wildman–Crippen MR) is 64.0 cm³/mol. The van der Waals surface area contributed by atoms with E-state index in [0.29, 0.717) is 18.6 Å². The van der Waals surface area contributed by atoms with Crippen LogP contribution in [0.2, 0.25) is 0 Å². The third-order valence-corrected chi connectivity index (χ3v) is 4.17. The zero-order chi connectivity index (χ0) is 11.8. The fourth-order valence-corrected chi connectivity index (χ4v) is 3.33. The molecule has 3 rings (SSSR count). The van der Waals surface area contributed by atoms with Gasteiger partial charge in [-0.1, -0.05) is 18.2 Å². The minimum Gasteiger partial charge on any atom is -0.393 e. The Kier molecular flexibility index (Phi) is 2.89. The second kappa shape index (κ2) is 4.39. The number of hydrogen-bond donors (Lipinski definition) is 1. The van der Waals surface area contributed by atoms with Crippen LogP contribution in [0, 0.1) is 5.82 Å². The highest BCUT2D eigenvalue weighted by Gasteiger charge is 2.40. The molecule has 1 aromatic rings. The number of rotatable bonds is 2. The van der Waals surface area contributed by atoms with Crippen molar-refractivity contribution in [3.63, 3.8) is 0 Å². The van der Waals surface area contributed by atoms with Gasteiger partial charge in [0.1, 0.15) is 5.82 Å². The molecule has 1 N–H and O–H groups in total. The van der Waals surface area contributed by atoms with Crippen molar-refractivity contribution in [1.82, 2.24) is 4.90 Å². The van der Waals surface area contributed by atoms with Crippen molar-refractivity contribution >= 4 is 0 Å². The molecule has 2 aliphatic heterocycles. The van der Waals surface area contributed by atoms with Gasteiger partial charge in [-0.3, -0.25) is 4.90 Å². The highest BCUT2D eigenvalue weighted by atomic mass is 19.1. The fourth-order valence-electron chi connectivity index (χ4n) is 3.33. The summed E-state index contributed by atoms with van der Waals surface area (Å²) in [6, 6.07) is 7.90. The van der Waals surface area contributed by atoms with Crippen LogP contribution in [0.3, 0.4) is 0 Å². The molecule has 0 spiro atoms. The zero-order valence-corrected chi connectivity index (χ0v) is 9.85. The molecule has 2 bridgehead atoms. The summed E-state index contributed by atoms with van der Waals surface area (Å²) in [5.41, 5.74) is 0.779. The van der Waals surface area contributed by atoms with Gasteiger partial charge in [-0.2, -0.15) is 0 Å². The number of aliphatic hydroxyl groups excluding tert-OH is 1. The lowest BCUT2D eigenvalue weighted by molar-refractivity contribution is 0.0305. The molecular formula is C14H18FNO. The molecule has 0 radical (unpaired) electrons. The molecule has 0 amide bonds. The minimum atomic E-state index is -0.149. The topological polar surface area (TPSA) is 23.5 Å². The van der Waals surface area contributed by atoms with Gasteiger partial charge in [0.15, 0.2) is 0 Å². The summed E-state index contributed by atoms with van der Waals surface area (Å²) in [5, 5.41) is 9.73. The molecule has 2 fully saturated rings. The van der Waals surface area contributed by atoms with Crippen LogP contribution in [-0.2, 0) is 6.54 Å². The molecule has 2 saturated heterocycles. The van der Waals surface area contributed by atoms with Crippen LogP contribution in [0.15, 0.2) is 24.3 Å². The Morgan fingerprint density at radius 2 is 1.82 bits per heavy atom. The summed E-state index contributed by atoms with van der Waals surface area (Å²) in [5.74, 6) is -0.113. The molecular weight excluding hydrogens is 217 g/mol. The quantitative estimate of drug-likeness (QED) is 0.850. The van der Waals surface area contributed by atoms with Gasteiger partial charge in [0.25, 0.3) is 0 Å². The van der Waals surface area contributed by atoms with Gasteiger partial charge in [-0.25, -0.2) is 4.39 Å². The van der Waals surface area contributed by atoms with Gasteiger partial charge in [0.05, 0.1) is 6.10 Å². The molecule has 1 aromatic carbocycles. The van der Waals surface area contributed by atoms with E-state index in [1.165, 1.54) is 6.07 Å². The average molecular weight is 235 g/mol. The Balaban J connectivity index is 1.76. The fraction of sp³-hybridized carbons (Fsp3) is 0.571. The van der Waals surface area contributed by atoms with E-state index in [1.807, 2.05) is 12.1 Å². The van der Waals surface area contributed by atoms with Gasteiger partial charge in [0, 0.05) is 24.2 Å². The van der Waals surface area contributed by atoms with Crippen molar-refractivity contribution in [1.29, 1.82) is 0 Å². The summed E-state index contributed by atoms with van der Waals surface area (Å²) < 4.78 is 13.6. The van der Waals surface area contributed by atoms with Crippen molar-refractivity contribution in [3.05, 3.63) is 35.6 Å². The van der Waals surface area contributed by atoms with E-state index < -0.39 is 0 Å². The number of nitrogens with zero attached hydrogens (tertiary/aromatic N) is 1. The van der Waals surface area contributed by atoms with Gasteiger partial charge in [-0.05, 0) is 31.7 Å². The van der Waals surface area contributed by atoms with E-state index in [1.54, 1.807) is 6.07 Å². The maximum atomic E-state index is 13.6. The summed E-state index contributed by atoms with van der Waals surface area (Å²) >= 11 is 0. The van der Waals surface area contributed by atoms with E-state index in [4.69, 9.17) is 0 Å². The van der Waals surface area contributed by atoms with Crippen molar-refractivity contribution < 1.29 is 9.50 Å². The van der Waals surface area contributed by atoms with Crippen LogP contribution in [-0.4, -0.2) is 28.2 Å². The average Bonchev–Trinajstić information content (AvgIpc) is 2.56. The standard InChI is InChI=1S/C14H18FNO/c15-14-4-2-1-3-10(14)9-16-11-5-6-12(16)8-13(17)7-11/h1-4,11-13,17H,5-9H2. The Bertz CT molecular complexity index is 395. The van der Waals surface area contributed by atoms with Crippen LogP contribution in [0.5, 0.6) is 0 Å². The molecule has 2 heterocycles. The summed E-state index contributed by atoms with van der Waals surface area (Å²) in [6.07, 6.45) is 3.85. The minimum absolute atomic E-state index is 0.113. The Labute approximate surface area is 101 Å². The summed E-state index contributed by atoms with van der Waals surface area (Å²) in [6.45, 7) is 0.689. The summed E-state index contributed by atoms with van der Waals surface area (Å²) in [7, 11) is 0. The molecule has 0 saturated carbocycles. The molecule has 2 atom stereocenters. The molecule has 0 aromatic heterocycles. The molecule has 2 aliphatic rings. The van der Waals surface area contributed by atoms with E-state index in [-0.39, 0.29) is 11.9 Å². The second-order valence-corrected chi connectivity index (χ2v) is 5.27. The first-order valence-corrected chi connectivity index (χ1v) is 6.41. The van der Waals surface area contributed by atoms with Crippen LogP contribution >= 0.6 is 0 Å². The zero-order valence-electron chi connectivity index (χ0n) is 9.85. The Hall–Kier alpha value is -0.930. The Morgan fingerprint density at radius 1 is 1.18 bits per heavy atom. The van der Waals surface area contributed by atoms with Crippen LogP contribution in [0.4, 0.5) is 4.39 Å². The number of benzene rings is 1. The molecule has 92 valence electrons. The van der Waals surface area contributed by atoms with Gasteiger partial charge < -0.3 is 5.11 Å². The van der Waals surface area contributed by atoms with E-state index in [9.17, 15) is 9.50 Å². The molecule has 3 heteroatoms. The number of hydrogen-bond acceptors (Lipinski definition) is 2. The lowest BCUT2D eigenvalue weighted by Gasteiger charge is -2.37. The second-order valence-electron chi connectivity index (χ2n) is 5.27. The molecule has 17 heavy (non-hydrogen) atoms. The third kappa shape index (κ3) is 2.09. The van der Waals surface area contributed by atoms with Crippen molar-refractivity contribution in [2.24, 2.45) is 0 Å². The van der Waals surface area contributed by atoms with Crippen LogP contribution < -0.4 is 0 Å². The first kappa shape index (κ1) is 11.2. The highest BCUT2D eigenvalue weighted by Crippen LogP contribution is 2.36. The number of piperidine rings is 1. The van der Waals surface area contributed by atoms with Gasteiger partial charge in [0.2, 0.25) is 0 Å². The van der Waals surface area contributed by atoms with E-state index in [2.05, 4.69) is 4.90 Å². The number of aliphatic hydroxyl groups is 1. The maximum absolute atomic E-state index is 13.6. The van der Waals surface area contributed by atoms with Crippen molar-refractivity contribution in [2.75, 3.05) is 0 Å². The molecule has 0 aliphatic carbocycles. The van der Waals surface area contributed by atoms with Crippen LogP contribution in [0.25, 0.3) is 0 Å². The van der Waals surface area contributed by atoms with Gasteiger partial charge >= 0.3 is 0 Å². The monoisotopic (exact) mass is 235 g/mol. The smallest absolute Gasteiger partial charge is 0.127 e. The maximum Gasteiger partial charge on any atom is 0.127 e. The molecule has 2 unspecified atom stereocenters. The van der Waals surface area contributed by atoms with Crippen LogP contribution in [0.1, 0.15) is 31.2 Å². The SMILES string of the molecule is OC1CC2CCC(C1)N2Cc1ccccc1F. The lowest BCUT2D eigenvalue weighted by Crippen LogP contribution is -2.44. The lowest BCUT2D eigenvalue weighted by atomic mass is 9.99. The van der Waals surface area contributed by atoms with E-state index in [0.717, 1.165) is 31.2 Å². The first-order chi connectivity index (χ1) is 8.24. The van der Waals surface area contributed by atoms with Crippen molar-refractivity contribution in [3.8, 4) is 0 Å². The first-order valence-electron chi connectivity index (χ1n) is 6.41. The summed E-state index contributed by atoms with van der Waals surface area (Å²) in [4.78, 5) is 2.38. The van der Waals surface area contributed by atoms with E-state index >= 15 is 0 Å².